The first-order valence-corrected chi connectivity index (χ1v) is 10.6. The zero-order valence-electron chi connectivity index (χ0n) is 18.0. The molecule has 0 aliphatic carbocycles. The molecule has 31 heavy (non-hydrogen) atoms. The van der Waals surface area contributed by atoms with E-state index in [2.05, 4.69) is 10.4 Å². The second-order valence-corrected chi connectivity index (χ2v) is 7.46. The van der Waals surface area contributed by atoms with Gasteiger partial charge in [-0.3, -0.25) is 14.2 Å². The molecule has 0 unspecified atom stereocenters. The number of aryl methyl sites for hydroxylation is 1. The van der Waals surface area contributed by atoms with Gasteiger partial charge in [0.15, 0.2) is 5.82 Å². The maximum atomic E-state index is 14.8. The highest BCUT2D eigenvalue weighted by Crippen LogP contribution is 2.33. The number of nitrogens with one attached hydrogen (secondary N) is 1. The minimum Gasteiger partial charge on any atom is -0.377 e. The average Bonchev–Trinajstić information content (AvgIpc) is 3.33. The molecule has 2 aromatic heterocycles. The van der Waals surface area contributed by atoms with Crippen molar-refractivity contribution in [2.24, 2.45) is 7.05 Å². The standard InChI is InChI=1S/C20H21FN6O2.C2H6/c1-25-8-14(7-22-25)13-2-3-18(17(21)6-13)23-20-16-9-26(12-28)5-4-19(16)27(24-20)15-10-29-11-15;1-2/h2-3,6-8,12,15H,4-5,9-11H2,1H3,(H,23,24);1-2H3. The van der Waals surface area contributed by atoms with Crippen molar-refractivity contribution < 1.29 is 13.9 Å². The molecule has 2 aliphatic rings. The third-order valence-corrected chi connectivity index (χ3v) is 5.49. The highest BCUT2D eigenvalue weighted by molar-refractivity contribution is 5.68. The van der Waals surface area contributed by atoms with E-state index in [1.165, 1.54) is 6.07 Å². The van der Waals surface area contributed by atoms with Gasteiger partial charge in [-0.15, -0.1) is 0 Å². The van der Waals surface area contributed by atoms with Gasteiger partial charge in [-0.1, -0.05) is 19.9 Å². The Hall–Kier alpha value is -3.20. The molecule has 9 heteroatoms. The van der Waals surface area contributed by atoms with Gasteiger partial charge in [0.1, 0.15) is 5.82 Å². The summed E-state index contributed by atoms with van der Waals surface area (Å²) in [5.74, 6) is 0.219. The summed E-state index contributed by atoms with van der Waals surface area (Å²) in [5, 5.41) is 12.0. The predicted octanol–water partition coefficient (Wildman–Crippen LogP) is 3.28. The van der Waals surface area contributed by atoms with E-state index in [4.69, 9.17) is 9.84 Å². The monoisotopic (exact) mass is 426 g/mol. The Bertz CT molecular complexity index is 1070. The minimum absolute atomic E-state index is 0.194. The van der Waals surface area contributed by atoms with Crippen LogP contribution >= 0.6 is 0 Å². The van der Waals surface area contributed by atoms with Crippen molar-refractivity contribution in [3.63, 3.8) is 0 Å². The van der Waals surface area contributed by atoms with Gasteiger partial charge in [-0.2, -0.15) is 10.2 Å². The summed E-state index contributed by atoms with van der Waals surface area (Å²) in [7, 11) is 1.82. The number of anilines is 2. The molecule has 2 aliphatic heterocycles. The molecule has 5 rings (SSSR count). The molecular weight excluding hydrogens is 399 g/mol. The number of rotatable bonds is 5. The molecule has 0 saturated carbocycles. The topological polar surface area (TPSA) is 77.2 Å². The summed E-state index contributed by atoms with van der Waals surface area (Å²) in [6.45, 7) is 6.37. The highest BCUT2D eigenvalue weighted by Gasteiger charge is 2.31. The van der Waals surface area contributed by atoms with Gasteiger partial charge in [0.2, 0.25) is 6.41 Å². The first-order chi connectivity index (χ1) is 15.1. The number of fused-ring (bicyclic) bond motifs is 1. The van der Waals surface area contributed by atoms with Crippen LogP contribution in [0.5, 0.6) is 0 Å². The number of carbonyl (C=O) groups is 1. The van der Waals surface area contributed by atoms with Crippen LogP contribution in [0, 0.1) is 5.82 Å². The van der Waals surface area contributed by atoms with E-state index >= 15 is 0 Å². The molecule has 0 spiro atoms. The summed E-state index contributed by atoms with van der Waals surface area (Å²) in [5.41, 5.74) is 3.98. The second kappa shape index (κ2) is 8.89. The van der Waals surface area contributed by atoms with Gasteiger partial charge in [-0.25, -0.2) is 4.39 Å². The first kappa shape index (κ1) is 21.0. The third-order valence-electron chi connectivity index (χ3n) is 5.49. The number of aromatic nitrogens is 4. The fraction of sp³-hybridized carbons (Fsp3) is 0.409. The zero-order valence-corrected chi connectivity index (χ0v) is 18.0. The first-order valence-electron chi connectivity index (χ1n) is 10.6. The summed E-state index contributed by atoms with van der Waals surface area (Å²) < 4.78 is 23.8. The zero-order chi connectivity index (χ0) is 22.0. The summed E-state index contributed by atoms with van der Waals surface area (Å²) >= 11 is 0. The lowest BCUT2D eigenvalue weighted by Crippen LogP contribution is -2.35. The average molecular weight is 426 g/mol. The molecule has 0 atom stereocenters. The van der Waals surface area contributed by atoms with Crippen LogP contribution in [-0.4, -0.2) is 50.6 Å². The molecule has 1 amide bonds. The number of benzene rings is 1. The van der Waals surface area contributed by atoms with Crippen LogP contribution in [0.2, 0.25) is 0 Å². The van der Waals surface area contributed by atoms with Gasteiger partial charge < -0.3 is 15.0 Å². The number of nitrogens with zero attached hydrogens (tertiary/aromatic N) is 5. The van der Waals surface area contributed by atoms with E-state index in [9.17, 15) is 9.18 Å². The Morgan fingerprint density at radius 1 is 1.26 bits per heavy atom. The second-order valence-electron chi connectivity index (χ2n) is 7.46. The van der Waals surface area contributed by atoms with Crippen molar-refractivity contribution in [2.75, 3.05) is 25.1 Å². The fourth-order valence-corrected chi connectivity index (χ4v) is 3.82. The molecule has 164 valence electrons. The van der Waals surface area contributed by atoms with E-state index in [1.54, 1.807) is 21.8 Å². The van der Waals surface area contributed by atoms with Gasteiger partial charge in [-0.05, 0) is 17.7 Å². The van der Waals surface area contributed by atoms with Crippen LogP contribution in [-0.2, 0) is 29.5 Å². The summed E-state index contributed by atoms with van der Waals surface area (Å²) in [6.07, 6.45) is 5.12. The molecular formula is C22H27FN6O2. The van der Waals surface area contributed by atoms with Gasteiger partial charge in [0, 0.05) is 43.0 Å². The SMILES string of the molecule is CC.Cn1cc(-c2ccc(Nc3nn(C4COC4)c4c3CN(C=O)CC4)c(F)c2)cn1. The number of ether oxygens (including phenoxy) is 1. The summed E-state index contributed by atoms with van der Waals surface area (Å²) in [6, 6.07) is 5.24. The molecule has 3 aromatic rings. The molecule has 1 fully saturated rings. The molecule has 8 nitrogen and oxygen atoms in total. The van der Waals surface area contributed by atoms with Gasteiger partial charge in [0.25, 0.3) is 0 Å². The van der Waals surface area contributed by atoms with Crippen LogP contribution in [0.25, 0.3) is 11.1 Å². The maximum absolute atomic E-state index is 14.8. The predicted molar refractivity (Wildman–Crippen MR) is 115 cm³/mol. The highest BCUT2D eigenvalue weighted by atomic mass is 19.1. The Balaban J connectivity index is 0.00000112. The van der Waals surface area contributed by atoms with Gasteiger partial charge >= 0.3 is 0 Å². The van der Waals surface area contributed by atoms with Crippen LogP contribution in [0.1, 0.15) is 31.1 Å². The number of halogens is 1. The van der Waals surface area contributed by atoms with E-state index in [0.717, 1.165) is 35.2 Å². The Morgan fingerprint density at radius 3 is 2.68 bits per heavy atom. The maximum Gasteiger partial charge on any atom is 0.210 e. The smallest absolute Gasteiger partial charge is 0.210 e. The van der Waals surface area contributed by atoms with Crippen molar-refractivity contribution in [1.82, 2.24) is 24.5 Å². The van der Waals surface area contributed by atoms with E-state index in [0.29, 0.717) is 37.8 Å². The quantitative estimate of drug-likeness (QED) is 0.634. The fourth-order valence-electron chi connectivity index (χ4n) is 3.82. The van der Waals surface area contributed by atoms with Crippen molar-refractivity contribution in [2.45, 2.75) is 32.9 Å². The molecule has 1 N–H and O–H groups in total. The number of hydrogen-bond donors (Lipinski definition) is 1. The molecule has 0 radical (unpaired) electrons. The van der Waals surface area contributed by atoms with Crippen molar-refractivity contribution in [1.29, 1.82) is 0 Å². The van der Waals surface area contributed by atoms with Crippen LogP contribution in [0.3, 0.4) is 0 Å². The molecule has 0 bridgehead atoms. The largest absolute Gasteiger partial charge is 0.377 e. The van der Waals surface area contributed by atoms with E-state index < -0.39 is 0 Å². The Morgan fingerprint density at radius 2 is 2.06 bits per heavy atom. The van der Waals surface area contributed by atoms with E-state index in [1.807, 2.05) is 37.8 Å². The lowest BCUT2D eigenvalue weighted by atomic mass is 10.1. The third kappa shape index (κ3) is 4.05. The molecule has 4 heterocycles. The normalized spacial score (nSPS) is 15.5. The van der Waals surface area contributed by atoms with Crippen molar-refractivity contribution >= 4 is 17.9 Å². The summed E-state index contributed by atoms with van der Waals surface area (Å²) in [4.78, 5) is 13.0. The molecule has 1 aromatic carbocycles. The van der Waals surface area contributed by atoms with E-state index in [-0.39, 0.29) is 11.9 Å². The number of amides is 1. The van der Waals surface area contributed by atoms with Crippen LogP contribution < -0.4 is 5.32 Å². The number of hydrogen-bond acceptors (Lipinski definition) is 5. The minimum atomic E-state index is -0.371. The van der Waals surface area contributed by atoms with Crippen molar-refractivity contribution in [3.05, 3.63) is 47.7 Å². The van der Waals surface area contributed by atoms with Crippen LogP contribution in [0.4, 0.5) is 15.9 Å². The molecule has 1 saturated heterocycles. The van der Waals surface area contributed by atoms with Crippen molar-refractivity contribution in [3.8, 4) is 11.1 Å². The number of carbonyl (C=O) groups excluding carboxylic acids is 1. The van der Waals surface area contributed by atoms with Crippen LogP contribution in [0.15, 0.2) is 30.6 Å². The lowest BCUT2D eigenvalue weighted by Gasteiger charge is -2.30. The Labute approximate surface area is 180 Å². The lowest BCUT2D eigenvalue weighted by molar-refractivity contribution is -0.118. The Kier molecular flexibility index (Phi) is 6.03. The van der Waals surface area contributed by atoms with Gasteiger partial charge in [0.05, 0.1) is 37.7 Å².